The van der Waals surface area contributed by atoms with Crippen LogP contribution >= 0.6 is 0 Å². The predicted octanol–water partition coefficient (Wildman–Crippen LogP) is 2.30. The zero-order chi connectivity index (χ0) is 13.1. The van der Waals surface area contributed by atoms with Crippen LogP contribution in [-0.4, -0.2) is 31.5 Å². The lowest BCUT2D eigenvalue weighted by atomic mass is 10.0. The van der Waals surface area contributed by atoms with E-state index < -0.39 is 6.10 Å². The number of aliphatic hydroxyl groups excluding tert-OH is 1. The van der Waals surface area contributed by atoms with Gasteiger partial charge in [-0.3, -0.25) is 0 Å². The molecule has 1 fully saturated rings. The Hall–Kier alpha value is -1.26. The SMILES string of the molecule is COc1ccc(OC)c(C(O)C2CCC(C)O2)c1. The molecule has 3 unspecified atom stereocenters. The van der Waals surface area contributed by atoms with E-state index in [1.807, 2.05) is 13.0 Å². The normalized spacial score (nSPS) is 24.9. The second kappa shape index (κ2) is 5.59. The Bertz CT molecular complexity index is 405. The summed E-state index contributed by atoms with van der Waals surface area (Å²) in [7, 11) is 3.20. The maximum Gasteiger partial charge on any atom is 0.125 e. The van der Waals surface area contributed by atoms with Gasteiger partial charge in [0.25, 0.3) is 0 Å². The Balaban J connectivity index is 2.24. The third-order valence-electron chi connectivity index (χ3n) is 3.37. The second-order valence-corrected chi connectivity index (χ2v) is 4.62. The summed E-state index contributed by atoms with van der Waals surface area (Å²) in [5.74, 6) is 1.36. The van der Waals surface area contributed by atoms with Gasteiger partial charge < -0.3 is 19.3 Å². The first-order valence-electron chi connectivity index (χ1n) is 6.21. The fourth-order valence-electron chi connectivity index (χ4n) is 2.34. The number of ether oxygens (including phenoxy) is 3. The highest BCUT2D eigenvalue weighted by atomic mass is 16.5. The van der Waals surface area contributed by atoms with Crippen LogP contribution in [0.3, 0.4) is 0 Å². The van der Waals surface area contributed by atoms with Gasteiger partial charge in [-0.25, -0.2) is 0 Å². The highest BCUT2D eigenvalue weighted by Crippen LogP contribution is 2.36. The van der Waals surface area contributed by atoms with E-state index in [1.54, 1.807) is 26.4 Å². The van der Waals surface area contributed by atoms with Crippen LogP contribution in [0, 0.1) is 0 Å². The van der Waals surface area contributed by atoms with E-state index in [9.17, 15) is 5.11 Å². The maximum absolute atomic E-state index is 10.4. The van der Waals surface area contributed by atoms with E-state index in [0.717, 1.165) is 18.4 Å². The summed E-state index contributed by atoms with van der Waals surface area (Å²) in [4.78, 5) is 0. The average Bonchev–Trinajstić information content (AvgIpc) is 2.83. The molecule has 4 heteroatoms. The monoisotopic (exact) mass is 252 g/mol. The molecule has 100 valence electrons. The Labute approximate surface area is 107 Å². The maximum atomic E-state index is 10.4. The van der Waals surface area contributed by atoms with Gasteiger partial charge in [-0.2, -0.15) is 0 Å². The van der Waals surface area contributed by atoms with Crippen LogP contribution in [-0.2, 0) is 4.74 Å². The van der Waals surface area contributed by atoms with Crippen LogP contribution in [0.4, 0.5) is 0 Å². The molecule has 1 heterocycles. The van der Waals surface area contributed by atoms with Crippen molar-refractivity contribution >= 4 is 0 Å². The van der Waals surface area contributed by atoms with Crippen molar-refractivity contribution in [2.45, 2.75) is 38.1 Å². The van der Waals surface area contributed by atoms with Crippen LogP contribution < -0.4 is 9.47 Å². The molecule has 4 nitrogen and oxygen atoms in total. The Morgan fingerprint density at radius 2 is 2.06 bits per heavy atom. The van der Waals surface area contributed by atoms with Gasteiger partial charge in [0.05, 0.1) is 26.4 Å². The number of methoxy groups -OCH3 is 2. The van der Waals surface area contributed by atoms with E-state index in [1.165, 1.54) is 0 Å². The first-order chi connectivity index (χ1) is 8.65. The number of aliphatic hydroxyl groups is 1. The fourth-order valence-corrected chi connectivity index (χ4v) is 2.34. The molecule has 0 aliphatic carbocycles. The number of benzene rings is 1. The van der Waals surface area contributed by atoms with Crippen LogP contribution in [0.5, 0.6) is 11.5 Å². The smallest absolute Gasteiger partial charge is 0.125 e. The van der Waals surface area contributed by atoms with Crippen molar-refractivity contribution in [2.75, 3.05) is 14.2 Å². The lowest BCUT2D eigenvalue weighted by Crippen LogP contribution is -2.19. The molecule has 0 saturated carbocycles. The first-order valence-corrected chi connectivity index (χ1v) is 6.21. The third-order valence-corrected chi connectivity index (χ3v) is 3.37. The first kappa shape index (κ1) is 13.2. The van der Waals surface area contributed by atoms with Gasteiger partial charge in [0.2, 0.25) is 0 Å². The third kappa shape index (κ3) is 2.60. The minimum atomic E-state index is -0.681. The zero-order valence-corrected chi connectivity index (χ0v) is 11.1. The molecular formula is C14H20O4. The number of hydrogen-bond acceptors (Lipinski definition) is 4. The van der Waals surface area contributed by atoms with E-state index in [0.29, 0.717) is 11.5 Å². The molecule has 1 aromatic rings. The number of hydrogen-bond donors (Lipinski definition) is 1. The zero-order valence-electron chi connectivity index (χ0n) is 11.1. The molecule has 1 aliphatic rings. The van der Waals surface area contributed by atoms with Crippen molar-refractivity contribution in [3.63, 3.8) is 0 Å². The van der Waals surface area contributed by atoms with Gasteiger partial charge in [0.15, 0.2) is 0 Å². The molecule has 1 aromatic carbocycles. The molecule has 3 atom stereocenters. The summed E-state index contributed by atoms with van der Waals surface area (Å²) in [5.41, 5.74) is 0.718. The highest BCUT2D eigenvalue weighted by molar-refractivity contribution is 5.42. The van der Waals surface area contributed by atoms with Gasteiger partial charge in [0, 0.05) is 5.56 Å². The Morgan fingerprint density at radius 3 is 2.61 bits per heavy atom. The van der Waals surface area contributed by atoms with Crippen molar-refractivity contribution in [1.82, 2.24) is 0 Å². The van der Waals surface area contributed by atoms with Gasteiger partial charge >= 0.3 is 0 Å². The van der Waals surface area contributed by atoms with E-state index in [-0.39, 0.29) is 12.2 Å². The lowest BCUT2D eigenvalue weighted by Gasteiger charge is -2.21. The van der Waals surface area contributed by atoms with E-state index >= 15 is 0 Å². The number of rotatable bonds is 4. The molecule has 0 bridgehead atoms. The van der Waals surface area contributed by atoms with Crippen molar-refractivity contribution in [2.24, 2.45) is 0 Å². The van der Waals surface area contributed by atoms with Gasteiger partial charge in [-0.05, 0) is 38.0 Å². The van der Waals surface area contributed by atoms with Crippen LogP contribution in [0.15, 0.2) is 18.2 Å². The van der Waals surface area contributed by atoms with E-state index in [2.05, 4.69) is 0 Å². The lowest BCUT2D eigenvalue weighted by molar-refractivity contribution is -0.0305. The molecule has 0 aromatic heterocycles. The highest BCUT2D eigenvalue weighted by Gasteiger charge is 2.31. The van der Waals surface area contributed by atoms with Crippen molar-refractivity contribution < 1.29 is 19.3 Å². The molecular weight excluding hydrogens is 232 g/mol. The summed E-state index contributed by atoms with van der Waals surface area (Å²) in [6, 6.07) is 5.42. The van der Waals surface area contributed by atoms with Gasteiger partial charge in [-0.1, -0.05) is 0 Å². The Kier molecular flexibility index (Phi) is 4.09. The molecule has 1 saturated heterocycles. The topological polar surface area (TPSA) is 47.9 Å². The molecule has 2 rings (SSSR count). The standard InChI is InChI=1S/C14H20O4/c1-9-4-6-13(18-9)14(15)11-8-10(16-2)5-7-12(11)17-3/h5,7-9,13-15H,4,6H2,1-3H3. The van der Waals surface area contributed by atoms with Crippen molar-refractivity contribution in [3.05, 3.63) is 23.8 Å². The van der Waals surface area contributed by atoms with Crippen LogP contribution in [0.2, 0.25) is 0 Å². The van der Waals surface area contributed by atoms with Gasteiger partial charge in [-0.15, -0.1) is 0 Å². The fraction of sp³-hybridized carbons (Fsp3) is 0.571. The molecule has 18 heavy (non-hydrogen) atoms. The Morgan fingerprint density at radius 1 is 1.28 bits per heavy atom. The summed E-state index contributed by atoms with van der Waals surface area (Å²) < 4.78 is 16.2. The largest absolute Gasteiger partial charge is 0.497 e. The van der Waals surface area contributed by atoms with E-state index in [4.69, 9.17) is 14.2 Å². The molecule has 0 amide bonds. The summed E-state index contributed by atoms with van der Waals surface area (Å²) in [6.07, 6.45) is 1.21. The van der Waals surface area contributed by atoms with Crippen molar-refractivity contribution in [3.8, 4) is 11.5 Å². The van der Waals surface area contributed by atoms with Crippen LogP contribution in [0.25, 0.3) is 0 Å². The average molecular weight is 252 g/mol. The summed E-state index contributed by atoms with van der Waals surface area (Å²) in [5, 5.41) is 10.4. The molecule has 1 N–H and O–H groups in total. The van der Waals surface area contributed by atoms with Crippen LogP contribution in [0.1, 0.15) is 31.4 Å². The van der Waals surface area contributed by atoms with Gasteiger partial charge in [0.1, 0.15) is 17.6 Å². The minimum Gasteiger partial charge on any atom is -0.497 e. The quantitative estimate of drug-likeness (QED) is 0.893. The van der Waals surface area contributed by atoms with Crippen molar-refractivity contribution in [1.29, 1.82) is 0 Å². The predicted molar refractivity (Wildman–Crippen MR) is 68.1 cm³/mol. The minimum absolute atomic E-state index is 0.166. The summed E-state index contributed by atoms with van der Waals surface area (Å²) >= 11 is 0. The summed E-state index contributed by atoms with van der Waals surface area (Å²) in [6.45, 7) is 2.02. The molecule has 0 spiro atoms. The molecule has 1 aliphatic heterocycles. The molecule has 0 radical (unpaired) electrons. The second-order valence-electron chi connectivity index (χ2n) is 4.62.